The van der Waals surface area contributed by atoms with Crippen molar-refractivity contribution in [2.75, 3.05) is 13.1 Å². The quantitative estimate of drug-likeness (QED) is 0.781. The van der Waals surface area contributed by atoms with Gasteiger partial charge in [0.15, 0.2) is 0 Å². The van der Waals surface area contributed by atoms with Crippen LogP contribution in [0.1, 0.15) is 24.2 Å². The minimum atomic E-state index is -0.507. The van der Waals surface area contributed by atoms with Gasteiger partial charge in [0.25, 0.3) is 5.91 Å². The molecule has 0 aromatic heterocycles. The van der Waals surface area contributed by atoms with E-state index in [2.05, 4.69) is 0 Å². The van der Waals surface area contributed by atoms with Crippen LogP contribution in [0, 0.1) is 5.82 Å². The lowest BCUT2D eigenvalue weighted by atomic mass is 10.2. The predicted octanol–water partition coefficient (Wildman–Crippen LogP) is 2.96. The molecule has 0 atom stereocenters. The van der Waals surface area contributed by atoms with Crippen molar-refractivity contribution in [2.24, 2.45) is 0 Å². The van der Waals surface area contributed by atoms with E-state index >= 15 is 0 Å². The summed E-state index contributed by atoms with van der Waals surface area (Å²) in [5.41, 5.74) is 0.421. The molecular weight excluding hydrogens is 217 g/mol. The SMILES string of the molecule is CCN(CC)C(=O)c1ccc(F)c(Cl)c1. The van der Waals surface area contributed by atoms with E-state index in [1.54, 1.807) is 4.90 Å². The van der Waals surface area contributed by atoms with E-state index in [1.807, 2.05) is 13.8 Å². The lowest BCUT2D eigenvalue weighted by Gasteiger charge is -2.18. The predicted molar refractivity (Wildman–Crippen MR) is 58.7 cm³/mol. The average molecular weight is 230 g/mol. The molecule has 82 valence electrons. The Bertz CT molecular complexity index is 364. The van der Waals surface area contributed by atoms with Gasteiger partial charge in [-0.3, -0.25) is 4.79 Å². The van der Waals surface area contributed by atoms with E-state index < -0.39 is 5.82 Å². The second-order valence-corrected chi connectivity index (χ2v) is 3.51. The minimum Gasteiger partial charge on any atom is -0.339 e. The fourth-order valence-corrected chi connectivity index (χ4v) is 1.50. The van der Waals surface area contributed by atoms with Gasteiger partial charge in [0.2, 0.25) is 0 Å². The number of halogens is 2. The van der Waals surface area contributed by atoms with Crippen LogP contribution >= 0.6 is 11.6 Å². The Morgan fingerprint density at radius 2 is 2.00 bits per heavy atom. The number of hydrogen-bond acceptors (Lipinski definition) is 1. The van der Waals surface area contributed by atoms with Gasteiger partial charge in [-0.25, -0.2) is 4.39 Å². The number of rotatable bonds is 3. The van der Waals surface area contributed by atoms with Crippen LogP contribution in [0.25, 0.3) is 0 Å². The third-order valence-electron chi connectivity index (χ3n) is 2.22. The van der Waals surface area contributed by atoms with Crippen LogP contribution in [0.15, 0.2) is 18.2 Å². The van der Waals surface area contributed by atoms with Crippen molar-refractivity contribution in [1.82, 2.24) is 4.90 Å². The molecule has 0 aliphatic rings. The first kappa shape index (κ1) is 12.0. The molecule has 0 bridgehead atoms. The van der Waals surface area contributed by atoms with Crippen LogP contribution < -0.4 is 0 Å². The van der Waals surface area contributed by atoms with Crippen LogP contribution in [-0.4, -0.2) is 23.9 Å². The summed E-state index contributed by atoms with van der Waals surface area (Å²) < 4.78 is 12.9. The molecule has 0 unspecified atom stereocenters. The van der Waals surface area contributed by atoms with Crippen LogP contribution in [0.3, 0.4) is 0 Å². The van der Waals surface area contributed by atoms with Gasteiger partial charge >= 0.3 is 0 Å². The fraction of sp³-hybridized carbons (Fsp3) is 0.364. The molecule has 0 spiro atoms. The van der Waals surface area contributed by atoms with Gasteiger partial charge in [0.1, 0.15) is 5.82 Å². The first-order chi connectivity index (χ1) is 7.10. The Morgan fingerprint density at radius 1 is 1.40 bits per heavy atom. The molecule has 0 saturated carbocycles. The van der Waals surface area contributed by atoms with Crippen LogP contribution in [0.2, 0.25) is 5.02 Å². The maximum atomic E-state index is 12.9. The highest BCUT2D eigenvalue weighted by Crippen LogP contribution is 2.17. The second-order valence-electron chi connectivity index (χ2n) is 3.11. The first-order valence-corrected chi connectivity index (χ1v) is 5.22. The Hall–Kier alpha value is -1.09. The third-order valence-corrected chi connectivity index (χ3v) is 2.51. The summed E-state index contributed by atoms with van der Waals surface area (Å²) in [6.07, 6.45) is 0. The lowest BCUT2D eigenvalue weighted by Crippen LogP contribution is -2.30. The van der Waals surface area contributed by atoms with Gasteiger partial charge in [-0.05, 0) is 32.0 Å². The number of carbonyl (C=O) groups excluding carboxylic acids is 1. The summed E-state index contributed by atoms with van der Waals surface area (Å²) in [5, 5.41) is -0.0204. The Balaban J connectivity index is 2.96. The van der Waals surface area contributed by atoms with Gasteiger partial charge in [0, 0.05) is 18.7 Å². The molecular formula is C11H13ClFNO. The van der Waals surface area contributed by atoms with Gasteiger partial charge in [-0.1, -0.05) is 11.6 Å². The molecule has 0 aliphatic carbocycles. The van der Waals surface area contributed by atoms with Gasteiger partial charge in [-0.15, -0.1) is 0 Å². The van der Waals surface area contributed by atoms with Gasteiger partial charge < -0.3 is 4.90 Å². The second kappa shape index (κ2) is 5.12. The maximum Gasteiger partial charge on any atom is 0.253 e. The number of nitrogens with zero attached hydrogens (tertiary/aromatic N) is 1. The van der Waals surface area contributed by atoms with Crippen molar-refractivity contribution in [3.8, 4) is 0 Å². The Morgan fingerprint density at radius 3 is 2.47 bits per heavy atom. The van der Waals surface area contributed by atoms with Crippen molar-refractivity contribution < 1.29 is 9.18 Å². The Kier molecular flexibility index (Phi) is 4.09. The maximum absolute atomic E-state index is 12.9. The summed E-state index contributed by atoms with van der Waals surface area (Å²) in [4.78, 5) is 13.5. The molecule has 1 aromatic rings. The zero-order chi connectivity index (χ0) is 11.4. The normalized spacial score (nSPS) is 10.1. The summed E-state index contributed by atoms with van der Waals surface area (Å²) in [6, 6.07) is 4.01. The Labute approximate surface area is 93.6 Å². The van der Waals surface area contributed by atoms with Gasteiger partial charge in [0.05, 0.1) is 5.02 Å². The van der Waals surface area contributed by atoms with E-state index in [0.29, 0.717) is 18.7 Å². The molecule has 15 heavy (non-hydrogen) atoms. The lowest BCUT2D eigenvalue weighted by molar-refractivity contribution is 0.0773. The van der Waals surface area contributed by atoms with E-state index in [1.165, 1.54) is 18.2 Å². The largest absolute Gasteiger partial charge is 0.339 e. The van der Waals surface area contributed by atoms with Crippen LogP contribution in [0.5, 0.6) is 0 Å². The summed E-state index contributed by atoms with van der Waals surface area (Å²) in [7, 11) is 0. The summed E-state index contributed by atoms with van der Waals surface area (Å²) in [6.45, 7) is 5.05. The number of amides is 1. The first-order valence-electron chi connectivity index (χ1n) is 4.84. The molecule has 1 amide bonds. The highest BCUT2D eigenvalue weighted by atomic mass is 35.5. The van der Waals surface area contributed by atoms with E-state index in [9.17, 15) is 9.18 Å². The van der Waals surface area contributed by atoms with Crippen molar-refractivity contribution >= 4 is 17.5 Å². The van der Waals surface area contributed by atoms with Crippen molar-refractivity contribution in [3.63, 3.8) is 0 Å². The molecule has 2 nitrogen and oxygen atoms in total. The topological polar surface area (TPSA) is 20.3 Å². The third kappa shape index (κ3) is 2.69. The molecule has 0 radical (unpaired) electrons. The smallest absolute Gasteiger partial charge is 0.253 e. The van der Waals surface area contributed by atoms with E-state index in [-0.39, 0.29) is 10.9 Å². The molecule has 0 aliphatic heterocycles. The zero-order valence-corrected chi connectivity index (χ0v) is 9.51. The molecule has 4 heteroatoms. The van der Waals surface area contributed by atoms with E-state index in [4.69, 9.17) is 11.6 Å². The summed E-state index contributed by atoms with van der Waals surface area (Å²) >= 11 is 5.60. The van der Waals surface area contributed by atoms with Crippen molar-refractivity contribution in [3.05, 3.63) is 34.6 Å². The van der Waals surface area contributed by atoms with E-state index in [0.717, 1.165) is 0 Å². The molecule has 0 saturated heterocycles. The molecule has 1 rings (SSSR count). The highest BCUT2D eigenvalue weighted by Gasteiger charge is 2.13. The van der Waals surface area contributed by atoms with Crippen LogP contribution in [-0.2, 0) is 0 Å². The molecule has 0 heterocycles. The minimum absolute atomic E-state index is 0.0204. The number of benzene rings is 1. The van der Waals surface area contributed by atoms with Crippen molar-refractivity contribution in [1.29, 1.82) is 0 Å². The number of carbonyl (C=O) groups is 1. The molecule has 0 N–H and O–H groups in total. The average Bonchev–Trinajstić information content (AvgIpc) is 2.23. The fourth-order valence-electron chi connectivity index (χ4n) is 1.32. The monoisotopic (exact) mass is 229 g/mol. The number of hydrogen-bond donors (Lipinski definition) is 0. The highest BCUT2D eigenvalue weighted by molar-refractivity contribution is 6.31. The van der Waals surface area contributed by atoms with Crippen molar-refractivity contribution in [2.45, 2.75) is 13.8 Å². The zero-order valence-electron chi connectivity index (χ0n) is 8.76. The molecule has 1 aromatic carbocycles. The standard InChI is InChI=1S/C11H13ClFNO/c1-3-14(4-2)11(15)8-5-6-10(13)9(12)7-8/h5-7H,3-4H2,1-2H3. The summed E-state index contributed by atoms with van der Waals surface area (Å²) in [5.74, 6) is -0.630. The molecule has 0 fully saturated rings. The van der Waals surface area contributed by atoms with Crippen LogP contribution in [0.4, 0.5) is 4.39 Å². The van der Waals surface area contributed by atoms with Gasteiger partial charge in [-0.2, -0.15) is 0 Å².